The number of ether oxygens (including phenoxy) is 3. The molecule has 1 N–H and O–H groups in total. The quantitative estimate of drug-likeness (QED) is 0.368. The second kappa shape index (κ2) is 8.43. The molecule has 2 aromatic heterocycles. The van der Waals surface area contributed by atoms with E-state index in [1.807, 2.05) is 0 Å². The highest BCUT2D eigenvalue weighted by Gasteiger charge is 2.59. The first-order valence-electron chi connectivity index (χ1n) is 10.6. The van der Waals surface area contributed by atoms with Gasteiger partial charge < -0.3 is 19.3 Å². The molecular formula is C19H24ClN5O5S. The largest absolute Gasteiger partial charge is 0.480 e. The van der Waals surface area contributed by atoms with Crippen LogP contribution in [-0.4, -0.2) is 72.5 Å². The number of aliphatic carboxylic acids is 1. The van der Waals surface area contributed by atoms with Crippen LogP contribution >= 0.6 is 23.4 Å². The third kappa shape index (κ3) is 3.91. The van der Waals surface area contributed by atoms with Crippen molar-refractivity contribution in [1.29, 1.82) is 0 Å². The van der Waals surface area contributed by atoms with Crippen molar-refractivity contribution in [1.82, 2.24) is 25.0 Å². The SMILES string of the molecule is CCCSc1nc(Cl)c2nnn([C@H]3C[C@@H](OCC(=O)O)[C@@H]4OC5(CCCC5)O[C@@H]43)c2n1. The van der Waals surface area contributed by atoms with Gasteiger partial charge in [0.25, 0.3) is 0 Å². The minimum atomic E-state index is -1.02. The Morgan fingerprint density at radius 3 is 2.84 bits per heavy atom. The molecule has 3 fully saturated rings. The molecule has 0 unspecified atom stereocenters. The van der Waals surface area contributed by atoms with Crippen molar-refractivity contribution < 1.29 is 24.1 Å². The Morgan fingerprint density at radius 1 is 1.32 bits per heavy atom. The van der Waals surface area contributed by atoms with E-state index in [0.717, 1.165) is 37.9 Å². The van der Waals surface area contributed by atoms with Gasteiger partial charge in [-0.2, -0.15) is 0 Å². The molecule has 168 valence electrons. The average molecular weight is 470 g/mol. The number of carboxylic acid groups (broad SMARTS) is 1. The number of fused-ring (bicyclic) bond motifs is 2. The maximum Gasteiger partial charge on any atom is 0.329 e. The van der Waals surface area contributed by atoms with Gasteiger partial charge in [-0.25, -0.2) is 19.4 Å². The van der Waals surface area contributed by atoms with E-state index in [1.165, 1.54) is 11.8 Å². The molecule has 31 heavy (non-hydrogen) atoms. The Labute approximate surface area is 188 Å². The number of nitrogens with zero attached hydrogens (tertiary/aromatic N) is 5. The van der Waals surface area contributed by atoms with Gasteiger partial charge >= 0.3 is 5.97 Å². The van der Waals surface area contributed by atoms with Crippen LogP contribution < -0.4 is 0 Å². The number of aromatic nitrogens is 5. The fourth-order valence-electron chi connectivity index (χ4n) is 4.74. The molecule has 2 aromatic rings. The Balaban J connectivity index is 1.49. The van der Waals surface area contributed by atoms with Gasteiger partial charge in [0, 0.05) is 25.0 Å². The van der Waals surface area contributed by atoms with Crippen LogP contribution in [0.1, 0.15) is 51.5 Å². The summed E-state index contributed by atoms with van der Waals surface area (Å²) in [5.74, 6) is -0.760. The topological polar surface area (TPSA) is 121 Å². The van der Waals surface area contributed by atoms with Gasteiger partial charge in [-0.05, 0) is 19.3 Å². The molecule has 1 aliphatic heterocycles. The molecule has 2 saturated carbocycles. The smallest absolute Gasteiger partial charge is 0.329 e. The minimum absolute atomic E-state index is 0.260. The number of carbonyl (C=O) groups is 1. The lowest BCUT2D eigenvalue weighted by molar-refractivity contribution is -0.191. The Bertz CT molecular complexity index is 984. The summed E-state index contributed by atoms with van der Waals surface area (Å²) in [5.41, 5.74) is 0.973. The van der Waals surface area contributed by atoms with E-state index < -0.39 is 17.9 Å². The molecule has 1 spiro atoms. The minimum Gasteiger partial charge on any atom is -0.480 e. The number of thioether (sulfide) groups is 1. The molecule has 12 heteroatoms. The highest BCUT2D eigenvalue weighted by molar-refractivity contribution is 7.99. The van der Waals surface area contributed by atoms with Gasteiger partial charge in [0.15, 0.2) is 27.3 Å². The third-order valence-electron chi connectivity index (χ3n) is 6.04. The first kappa shape index (κ1) is 21.3. The first-order valence-corrected chi connectivity index (χ1v) is 12.0. The van der Waals surface area contributed by atoms with E-state index in [2.05, 4.69) is 27.2 Å². The Morgan fingerprint density at radius 2 is 2.10 bits per heavy atom. The Hall–Kier alpha value is -1.53. The summed E-state index contributed by atoms with van der Waals surface area (Å²) in [6, 6.07) is -0.260. The van der Waals surface area contributed by atoms with Gasteiger partial charge in [0.2, 0.25) is 0 Å². The molecule has 0 radical (unpaired) electrons. The molecule has 2 aliphatic carbocycles. The Kier molecular flexibility index (Phi) is 5.80. The standard InChI is InChI=1S/C19H24ClN5O5S/c1-2-7-31-18-21-16(20)13-17(22-18)25(24-23-13)10-8-11(28-9-12(26)27)15-14(10)29-19(30-15)5-3-4-6-19/h10-11,14-15H,2-9H2,1H3,(H,26,27)/t10-,11+,14+,15-/m0/s1. The van der Waals surface area contributed by atoms with Crippen LogP contribution in [-0.2, 0) is 19.0 Å². The molecule has 3 heterocycles. The van der Waals surface area contributed by atoms with Crippen LogP contribution in [0.3, 0.4) is 0 Å². The zero-order chi connectivity index (χ0) is 21.6. The molecule has 3 aliphatic rings. The van der Waals surface area contributed by atoms with Crippen molar-refractivity contribution in [2.75, 3.05) is 12.4 Å². The first-order chi connectivity index (χ1) is 15.0. The summed E-state index contributed by atoms with van der Waals surface area (Å²) < 4.78 is 20.2. The van der Waals surface area contributed by atoms with Crippen molar-refractivity contribution >= 4 is 40.5 Å². The number of rotatable bonds is 7. The normalized spacial score (nSPS) is 29.2. The van der Waals surface area contributed by atoms with E-state index in [0.29, 0.717) is 22.7 Å². The van der Waals surface area contributed by atoms with Crippen LogP contribution in [0.25, 0.3) is 11.2 Å². The third-order valence-corrected chi connectivity index (χ3v) is 7.36. The van der Waals surface area contributed by atoms with Gasteiger partial charge in [-0.3, -0.25) is 0 Å². The molecular weight excluding hydrogens is 446 g/mol. The van der Waals surface area contributed by atoms with Crippen LogP contribution in [0.2, 0.25) is 5.15 Å². The molecule has 5 rings (SSSR count). The summed E-state index contributed by atoms with van der Waals surface area (Å²) in [4.78, 5) is 20.1. The van der Waals surface area contributed by atoms with Gasteiger partial charge in [0.1, 0.15) is 18.8 Å². The summed E-state index contributed by atoms with van der Waals surface area (Å²) in [6.07, 6.45) is 4.08. The summed E-state index contributed by atoms with van der Waals surface area (Å²) >= 11 is 7.89. The predicted octanol–water partition coefficient (Wildman–Crippen LogP) is 2.85. The van der Waals surface area contributed by atoms with Gasteiger partial charge in [-0.1, -0.05) is 35.5 Å². The predicted molar refractivity (Wildman–Crippen MR) is 111 cm³/mol. The van der Waals surface area contributed by atoms with Crippen molar-refractivity contribution in [3.8, 4) is 0 Å². The molecule has 0 bridgehead atoms. The fraction of sp³-hybridized carbons (Fsp3) is 0.737. The van der Waals surface area contributed by atoms with Crippen molar-refractivity contribution in [2.45, 2.75) is 80.7 Å². The van der Waals surface area contributed by atoms with Crippen LogP contribution in [0.4, 0.5) is 0 Å². The van der Waals surface area contributed by atoms with E-state index >= 15 is 0 Å². The lowest BCUT2D eigenvalue weighted by Crippen LogP contribution is -2.33. The molecule has 1 saturated heterocycles. The van der Waals surface area contributed by atoms with Crippen LogP contribution in [0, 0.1) is 0 Å². The second-order valence-electron chi connectivity index (χ2n) is 8.18. The fourth-order valence-corrected chi connectivity index (χ4v) is 5.68. The number of halogens is 1. The van der Waals surface area contributed by atoms with E-state index in [9.17, 15) is 4.79 Å². The number of hydrogen-bond donors (Lipinski definition) is 1. The molecule has 4 atom stereocenters. The molecule has 0 amide bonds. The van der Waals surface area contributed by atoms with Crippen LogP contribution in [0.5, 0.6) is 0 Å². The van der Waals surface area contributed by atoms with Crippen LogP contribution in [0.15, 0.2) is 5.16 Å². The zero-order valence-corrected chi connectivity index (χ0v) is 18.6. The summed E-state index contributed by atoms with van der Waals surface area (Å²) in [6.45, 7) is 1.70. The lowest BCUT2D eigenvalue weighted by atomic mass is 10.2. The van der Waals surface area contributed by atoms with Gasteiger partial charge in [0.05, 0.1) is 12.1 Å². The number of carboxylic acids is 1. The van der Waals surface area contributed by atoms with Crippen molar-refractivity contribution in [2.24, 2.45) is 0 Å². The zero-order valence-electron chi connectivity index (χ0n) is 17.1. The average Bonchev–Trinajstić information content (AvgIpc) is 3.50. The van der Waals surface area contributed by atoms with E-state index in [4.69, 9.17) is 30.9 Å². The monoisotopic (exact) mass is 469 g/mol. The highest BCUT2D eigenvalue weighted by Crippen LogP contribution is 2.50. The molecule has 10 nitrogen and oxygen atoms in total. The second-order valence-corrected chi connectivity index (χ2v) is 9.60. The lowest BCUT2D eigenvalue weighted by Gasteiger charge is -2.26. The van der Waals surface area contributed by atoms with Crippen molar-refractivity contribution in [3.05, 3.63) is 5.15 Å². The summed E-state index contributed by atoms with van der Waals surface area (Å²) in [7, 11) is 0. The highest BCUT2D eigenvalue weighted by atomic mass is 35.5. The van der Waals surface area contributed by atoms with E-state index in [1.54, 1.807) is 4.68 Å². The number of hydrogen-bond acceptors (Lipinski definition) is 9. The van der Waals surface area contributed by atoms with E-state index in [-0.39, 0.29) is 30.0 Å². The molecule has 0 aromatic carbocycles. The maximum atomic E-state index is 11.1. The van der Waals surface area contributed by atoms with Gasteiger partial charge in [-0.15, -0.1) is 5.10 Å². The maximum absolute atomic E-state index is 11.1. The van der Waals surface area contributed by atoms with Crippen molar-refractivity contribution in [3.63, 3.8) is 0 Å². The summed E-state index contributed by atoms with van der Waals surface area (Å²) in [5, 5.41) is 18.5.